The Kier molecular flexibility index (Phi) is 3.98. The highest BCUT2D eigenvalue weighted by atomic mass is 32.1. The molecule has 1 aliphatic rings. The molecule has 3 heterocycles. The minimum atomic E-state index is -0.0384. The lowest BCUT2D eigenvalue weighted by atomic mass is 9.93. The van der Waals surface area contributed by atoms with Crippen LogP contribution in [0.5, 0.6) is 0 Å². The third-order valence-electron chi connectivity index (χ3n) is 5.11. The zero-order valence-corrected chi connectivity index (χ0v) is 15.5. The molecule has 2 aromatic heterocycles. The first-order valence-electron chi connectivity index (χ1n) is 9.00. The van der Waals surface area contributed by atoms with Crippen molar-refractivity contribution in [1.82, 2.24) is 19.9 Å². The molecule has 6 heteroatoms. The molecule has 0 saturated heterocycles. The molecule has 1 amide bonds. The summed E-state index contributed by atoms with van der Waals surface area (Å²) in [5, 5.41) is 10.5. The summed E-state index contributed by atoms with van der Waals surface area (Å²) >= 11 is 1.78. The van der Waals surface area contributed by atoms with Crippen LogP contribution < -0.4 is 0 Å². The van der Waals surface area contributed by atoms with E-state index in [0.717, 1.165) is 29.6 Å². The van der Waals surface area contributed by atoms with Crippen molar-refractivity contribution < 1.29 is 4.79 Å². The fraction of sp³-hybridized carbons (Fsp3) is 0.190. The van der Waals surface area contributed by atoms with E-state index in [4.69, 9.17) is 0 Å². The van der Waals surface area contributed by atoms with Crippen molar-refractivity contribution in [1.29, 1.82) is 0 Å². The van der Waals surface area contributed by atoms with E-state index >= 15 is 0 Å². The van der Waals surface area contributed by atoms with E-state index in [1.165, 1.54) is 10.4 Å². The third-order valence-corrected chi connectivity index (χ3v) is 6.10. The van der Waals surface area contributed by atoms with Gasteiger partial charge in [-0.25, -0.2) is 4.68 Å². The van der Waals surface area contributed by atoms with Gasteiger partial charge in [-0.1, -0.05) is 47.7 Å². The molecule has 0 radical (unpaired) electrons. The molecule has 5 rings (SSSR count). The second-order valence-corrected chi connectivity index (χ2v) is 7.69. The molecule has 0 spiro atoms. The number of rotatable bonds is 3. The second-order valence-electron chi connectivity index (χ2n) is 6.69. The number of thiophene rings is 1. The number of para-hydroxylation sites is 1. The second kappa shape index (κ2) is 6.63. The quantitative estimate of drug-likeness (QED) is 0.550. The Bertz CT molecular complexity index is 1100. The van der Waals surface area contributed by atoms with Gasteiger partial charge in [-0.2, -0.15) is 0 Å². The third kappa shape index (κ3) is 2.82. The zero-order chi connectivity index (χ0) is 18.2. The van der Waals surface area contributed by atoms with Crippen LogP contribution in [0.4, 0.5) is 0 Å². The molecule has 1 atom stereocenters. The van der Waals surface area contributed by atoms with Gasteiger partial charge in [0.1, 0.15) is 12.1 Å². The van der Waals surface area contributed by atoms with Crippen LogP contribution in [0.25, 0.3) is 11.0 Å². The molecule has 27 heavy (non-hydrogen) atoms. The molecule has 1 aliphatic heterocycles. The minimum Gasteiger partial charge on any atom is -0.330 e. The highest BCUT2D eigenvalue weighted by Crippen LogP contribution is 2.37. The van der Waals surface area contributed by atoms with Crippen LogP contribution in [0.2, 0.25) is 0 Å². The van der Waals surface area contributed by atoms with E-state index in [-0.39, 0.29) is 18.5 Å². The lowest BCUT2D eigenvalue weighted by molar-refractivity contribution is -0.134. The minimum absolute atomic E-state index is 0.0384. The summed E-state index contributed by atoms with van der Waals surface area (Å²) in [5.74, 6) is 0.0661. The van der Waals surface area contributed by atoms with E-state index in [9.17, 15) is 4.79 Å². The monoisotopic (exact) mass is 374 g/mol. The predicted molar refractivity (Wildman–Crippen MR) is 106 cm³/mol. The zero-order valence-electron chi connectivity index (χ0n) is 14.7. The predicted octanol–water partition coefficient (Wildman–Crippen LogP) is 3.67. The molecule has 2 aromatic carbocycles. The molecule has 0 fully saturated rings. The highest BCUT2D eigenvalue weighted by molar-refractivity contribution is 7.10. The van der Waals surface area contributed by atoms with Gasteiger partial charge in [-0.15, -0.1) is 16.4 Å². The first-order chi connectivity index (χ1) is 13.3. The smallest absolute Gasteiger partial charge is 0.245 e. The van der Waals surface area contributed by atoms with Gasteiger partial charge in [0.25, 0.3) is 0 Å². The average Bonchev–Trinajstić information content (AvgIpc) is 3.35. The number of carbonyl (C=O) groups is 1. The molecule has 4 aromatic rings. The summed E-state index contributed by atoms with van der Waals surface area (Å²) < 4.78 is 1.70. The lowest BCUT2D eigenvalue weighted by Gasteiger charge is -2.36. The van der Waals surface area contributed by atoms with Crippen LogP contribution in [0.3, 0.4) is 0 Å². The van der Waals surface area contributed by atoms with Gasteiger partial charge in [0.15, 0.2) is 0 Å². The molecule has 0 bridgehead atoms. The number of nitrogens with zero attached hydrogens (tertiary/aromatic N) is 4. The molecule has 5 nitrogen and oxygen atoms in total. The van der Waals surface area contributed by atoms with Crippen molar-refractivity contribution >= 4 is 28.3 Å². The summed E-state index contributed by atoms with van der Waals surface area (Å²) in [6, 6.07) is 20.1. The number of hydrogen-bond acceptors (Lipinski definition) is 4. The van der Waals surface area contributed by atoms with Crippen molar-refractivity contribution in [3.8, 4) is 0 Å². The fourth-order valence-electron chi connectivity index (χ4n) is 3.83. The number of aromatic nitrogens is 3. The van der Waals surface area contributed by atoms with Crippen LogP contribution in [0, 0.1) is 0 Å². The Balaban J connectivity index is 1.50. The maximum absolute atomic E-state index is 13.3. The van der Waals surface area contributed by atoms with Crippen molar-refractivity contribution in [3.63, 3.8) is 0 Å². The van der Waals surface area contributed by atoms with Gasteiger partial charge in [-0.3, -0.25) is 4.79 Å². The summed E-state index contributed by atoms with van der Waals surface area (Å²) in [5.41, 5.74) is 4.09. The van der Waals surface area contributed by atoms with Crippen molar-refractivity contribution in [2.75, 3.05) is 6.54 Å². The number of amides is 1. The van der Waals surface area contributed by atoms with E-state index < -0.39 is 0 Å². The van der Waals surface area contributed by atoms with E-state index in [1.54, 1.807) is 16.0 Å². The topological polar surface area (TPSA) is 51.0 Å². The number of benzene rings is 2. The lowest BCUT2D eigenvalue weighted by Crippen LogP contribution is -2.41. The van der Waals surface area contributed by atoms with E-state index in [0.29, 0.717) is 0 Å². The highest BCUT2D eigenvalue weighted by Gasteiger charge is 2.32. The molecule has 0 N–H and O–H groups in total. The van der Waals surface area contributed by atoms with Gasteiger partial charge in [-0.05, 0) is 41.1 Å². The van der Waals surface area contributed by atoms with Crippen molar-refractivity contribution in [2.45, 2.75) is 19.0 Å². The summed E-state index contributed by atoms with van der Waals surface area (Å²) in [6.07, 6.45) is 0.903. The van der Waals surface area contributed by atoms with Gasteiger partial charge < -0.3 is 4.90 Å². The van der Waals surface area contributed by atoms with Crippen LogP contribution in [-0.4, -0.2) is 32.3 Å². The van der Waals surface area contributed by atoms with Crippen LogP contribution in [0.15, 0.2) is 66.0 Å². The Hall–Kier alpha value is -2.99. The maximum atomic E-state index is 13.3. The van der Waals surface area contributed by atoms with Crippen molar-refractivity contribution in [3.05, 3.63) is 82.0 Å². The first-order valence-corrected chi connectivity index (χ1v) is 9.88. The standard InChI is InChI=1S/C21H18N4OS/c26-20(14-25-18-9-5-4-8-17(18)22-23-25)24-12-10-19-16(11-13-27-19)21(24)15-6-2-1-3-7-15/h1-9,11,13,21H,10,12,14H2. The van der Waals surface area contributed by atoms with Gasteiger partial charge >= 0.3 is 0 Å². The molecule has 0 aliphatic carbocycles. The van der Waals surface area contributed by atoms with Crippen LogP contribution >= 0.6 is 11.3 Å². The molecule has 1 unspecified atom stereocenters. The number of fused-ring (bicyclic) bond motifs is 2. The maximum Gasteiger partial charge on any atom is 0.245 e. The molecule has 0 saturated carbocycles. The Morgan fingerprint density at radius 2 is 1.89 bits per heavy atom. The molecular formula is C21H18N4OS. The number of carbonyl (C=O) groups excluding carboxylic acids is 1. The summed E-state index contributed by atoms with van der Waals surface area (Å²) in [7, 11) is 0. The van der Waals surface area contributed by atoms with Gasteiger partial charge in [0.2, 0.25) is 5.91 Å². The van der Waals surface area contributed by atoms with Crippen molar-refractivity contribution in [2.24, 2.45) is 0 Å². The van der Waals surface area contributed by atoms with E-state index in [1.807, 2.05) is 47.4 Å². The summed E-state index contributed by atoms with van der Waals surface area (Å²) in [6.45, 7) is 0.919. The summed E-state index contributed by atoms with van der Waals surface area (Å²) in [4.78, 5) is 16.6. The van der Waals surface area contributed by atoms with Gasteiger partial charge in [0, 0.05) is 11.4 Å². The number of hydrogen-bond donors (Lipinski definition) is 0. The van der Waals surface area contributed by atoms with Crippen LogP contribution in [0.1, 0.15) is 22.0 Å². The Morgan fingerprint density at radius 1 is 1.07 bits per heavy atom. The first kappa shape index (κ1) is 16.2. The van der Waals surface area contributed by atoms with E-state index in [2.05, 4.69) is 33.9 Å². The largest absolute Gasteiger partial charge is 0.330 e. The average molecular weight is 374 g/mol. The van der Waals surface area contributed by atoms with Crippen LogP contribution in [-0.2, 0) is 17.8 Å². The Morgan fingerprint density at radius 3 is 2.78 bits per heavy atom. The Labute approximate surface area is 160 Å². The normalized spacial score (nSPS) is 16.4. The molecular weight excluding hydrogens is 356 g/mol. The molecule has 134 valence electrons. The SMILES string of the molecule is O=C(Cn1nnc2ccccc21)N1CCc2sccc2C1c1ccccc1. The van der Waals surface area contributed by atoms with Gasteiger partial charge in [0.05, 0.1) is 11.6 Å². The fourth-order valence-corrected chi connectivity index (χ4v) is 4.74.